The molecule has 0 amide bonds. The van der Waals surface area contributed by atoms with E-state index in [1.54, 1.807) is 13.3 Å². The number of ether oxygens (including phenoxy) is 2. The molecule has 0 aliphatic rings. The van der Waals surface area contributed by atoms with Crippen LogP contribution in [0, 0.1) is 0 Å². The largest absolute Gasteiger partial charge is 0.493 e. The molecule has 0 radical (unpaired) electrons. The van der Waals surface area contributed by atoms with Crippen molar-refractivity contribution >= 4 is 33.7 Å². The highest BCUT2D eigenvalue weighted by molar-refractivity contribution is 9.10. The molecule has 0 spiro atoms. The lowest BCUT2D eigenvalue weighted by molar-refractivity contribution is 0.309. The van der Waals surface area contributed by atoms with E-state index < -0.39 is 0 Å². The first-order valence-electron chi connectivity index (χ1n) is 7.15. The summed E-state index contributed by atoms with van der Waals surface area (Å²) >= 11 is 9.59. The maximum Gasteiger partial charge on any atom is 0.175 e. The van der Waals surface area contributed by atoms with Gasteiger partial charge in [-0.25, -0.2) is 0 Å². The Kier molecular flexibility index (Phi) is 6.74. The third kappa shape index (κ3) is 4.88. The van der Waals surface area contributed by atoms with Crippen LogP contribution in [0.3, 0.4) is 0 Å². The molecule has 0 bridgehead atoms. The van der Waals surface area contributed by atoms with Crippen molar-refractivity contribution in [2.24, 2.45) is 5.10 Å². The Morgan fingerprint density at radius 3 is 2.78 bits per heavy atom. The van der Waals surface area contributed by atoms with Crippen LogP contribution in [0.25, 0.3) is 0 Å². The van der Waals surface area contributed by atoms with Crippen molar-refractivity contribution in [2.75, 3.05) is 13.7 Å². The van der Waals surface area contributed by atoms with E-state index in [1.807, 2.05) is 43.3 Å². The first-order chi connectivity index (χ1) is 11.2. The standard InChI is InChI=1S/C17H18BrClN2O2/c1-3-23-17-14(18)8-12(9-16(17)22-2)10-20-21-11-13-6-4-5-7-15(13)19/h4-10,21H,3,11H2,1-2H3/b20-10-. The summed E-state index contributed by atoms with van der Waals surface area (Å²) in [5.41, 5.74) is 4.87. The molecule has 0 atom stereocenters. The minimum atomic E-state index is 0.561. The van der Waals surface area contributed by atoms with Gasteiger partial charge in [-0.15, -0.1) is 0 Å². The van der Waals surface area contributed by atoms with Crippen LogP contribution in [0.5, 0.6) is 11.5 Å². The molecule has 0 aromatic heterocycles. The van der Waals surface area contributed by atoms with Gasteiger partial charge in [0.05, 0.1) is 30.9 Å². The van der Waals surface area contributed by atoms with Crippen LogP contribution in [0.4, 0.5) is 0 Å². The van der Waals surface area contributed by atoms with Gasteiger partial charge in [0.1, 0.15) is 0 Å². The highest BCUT2D eigenvalue weighted by Crippen LogP contribution is 2.36. The monoisotopic (exact) mass is 396 g/mol. The number of halogens is 2. The van der Waals surface area contributed by atoms with Crippen molar-refractivity contribution < 1.29 is 9.47 Å². The molecule has 0 saturated heterocycles. The Bertz CT molecular complexity index is 692. The molecule has 1 N–H and O–H groups in total. The van der Waals surface area contributed by atoms with Gasteiger partial charge in [0.15, 0.2) is 11.5 Å². The molecule has 2 aromatic carbocycles. The van der Waals surface area contributed by atoms with Crippen LogP contribution < -0.4 is 14.9 Å². The summed E-state index contributed by atoms with van der Waals surface area (Å²) in [7, 11) is 1.61. The maximum absolute atomic E-state index is 6.10. The topological polar surface area (TPSA) is 42.8 Å². The molecule has 2 aromatic rings. The SMILES string of the molecule is CCOc1c(Br)cc(/C=N\NCc2ccccc2Cl)cc1OC. The van der Waals surface area contributed by atoms with Gasteiger partial charge in [-0.05, 0) is 52.2 Å². The van der Waals surface area contributed by atoms with E-state index in [-0.39, 0.29) is 0 Å². The first kappa shape index (κ1) is 17.6. The molecular formula is C17H18BrClN2O2. The van der Waals surface area contributed by atoms with E-state index in [9.17, 15) is 0 Å². The quantitative estimate of drug-likeness (QED) is 0.547. The maximum atomic E-state index is 6.10. The molecule has 0 heterocycles. The fourth-order valence-electron chi connectivity index (χ4n) is 1.99. The van der Waals surface area contributed by atoms with Gasteiger partial charge in [0.25, 0.3) is 0 Å². The molecule has 23 heavy (non-hydrogen) atoms. The summed E-state index contributed by atoms with van der Waals surface area (Å²) in [6.07, 6.45) is 1.72. The van der Waals surface area contributed by atoms with E-state index in [0.29, 0.717) is 24.7 Å². The van der Waals surface area contributed by atoms with E-state index in [0.717, 1.165) is 20.6 Å². The summed E-state index contributed by atoms with van der Waals surface area (Å²) in [6, 6.07) is 11.5. The first-order valence-corrected chi connectivity index (χ1v) is 8.32. The predicted molar refractivity (Wildman–Crippen MR) is 97.7 cm³/mol. The molecule has 4 nitrogen and oxygen atoms in total. The van der Waals surface area contributed by atoms with Crippen LogP contribution in [-0.2, 0) is 6.54 Å². The number of hydrogen-bond acceptors (Lipinski definition) is 4. The van der Waals surface area contributed by atoms with Crippen molar-refractivity contribution in [3.63, 3.8) is 0 Å². The van der Waals surface area contributed by atoms with Gasteiger partial charge in [-0.1, -0.05) is 29.8 Å². The molecule has 0 unspecified atom stereocenters. The molecule has 0 aliphatic carbocycles. The van der Waals surface area contributed by atoms with Crippen LogP contribution in [0.2, 0.25) is 5.02 Å². The smallest absolute Gasteiger partial charge is 0.175 e. The van der Waals surface area contributed by atoms with Crippen molar-refractivity contribution in [1.82, 2.24) is 5.43 Å². The minimum absolute atomic E-state index is 0.561. The summed E-state index contributed by atoms with van der Waals surface area (Å²) in [4.78, 5) is 0. The molecule has 0 fully saturated rings. The Balaban J connectivity index is 2.05. The number of rotatable bonds is 7. The van der Waals surface area contributed by atoms with Crippen LogP contribution in [0.1, 0.15) is 18.1 Å². The van der Waals surface area contributed by atoms with Crippen LogP contribution >= 0.6 is 27.5 Å². The van der Waals surface area contributed by atoms with Crippen molar-refractivity contribution in [3.05, 3.63) is 57.0 Å². The molecular weight excluding hydrogens is 380 g/mol. The lowest BCUT2D eigenvalue weighted by atomic mass is 10.2. The fourth-order valence-corrected chi connectivity index (χ4v) is 2.77. The normalized spacial score (nSPS) is 10.8. The summed E-state index contributed by atoms with van der Waals surface area (Å²) in [5.74, 6) is 1.35. The zero-order chi connectivity index (χ0) is 16.7. The molecule has 0 aliphatic heterocycles. The van der Waals surface area contributed by atoms with E-state index in [2.05, 4.69) is 26.5 Å². The Morgan fingerprint density at radius 2 is 2.09 bits per heavy atom. The van der Waals surface area contributed by atoms with Crippen LogP contribution in [0.15, 0.2) is 46.0 Å². The molecule has 6 heteroatoms. The third-order valence-corrected chi connectivity index (χ3v) is 4.03. The minimum Gasteiger partial charge on any atom is -0.493 e. The van der Waals surface area contributed by atoms with Gasteiger partial charge < -0.3 is 14.9 Å². The van der Waals surface area contributed by atoms with Crippen molar-refractivity contribution in [2.45, 2.75) is 13.5 Å². The number of nitrogens with one attached hydrogen (secondary N) is 1. The zero-order valence-corrected chi connectivity index (χ0v) is 15.3. The Labute approximate surface area is 149 Å². The molecule has 122 valence electrons. The second kappa shape index (κ2) is 8.79. The van der Waals surface area contributed by atoms with Gasteiger partial charge in [-0.2, -0.15) is 5.10 Å². The predicted octanol–water partition coefficient (Wildman–Crippen LogP) is 4.63. The fraction of sp³-hybridized carbons (Fsp3) is 0.235. The number of hydrazone groups is 1. The van der Waals surface area contributed by atoms with E-state index in [4.69, 9.17) is 21.1 Å². The van der Waals surface area contributed by atoms with Gasteiger partial charge in [0, 0.05) is 5.02 Å². The summed E-state index contributed by atoms with van der Waals surface area (Å²) < 4.78 is 11.7. The molecule has 2 rings (SSSR count). The second-order valence-electron chi connectivity index (χ2n) is 4.65. The average molecular weight is 398 g/mol. The second-order valence-corrected chi connectivity index (χ2v) is 5.91. The van der Waals surface area contributed by atoms with E-state index in [1.165, 1.54) is 0 Å². The highest BCUT2D eigenvalue weighted by Gasteiger charge is 2.10. The van der Waals surface area contributed by atoms with E-state index >= 15 is 0 Å². The summed E-state index contributed by atoms with van der Waals surface area (Å²) in [6.45, 7) is 3.06. The number of methoxy groups -OCH3 is 1. The van der Waals surface area contributed by atoms with Crippen molar-refractivity contribution in [3.8, 4) is 11.5 Å². The molecule has 0 saturated carbocycles. The number of nitrogens with zero attached hydrogens (tertiary/aromatic N) is 1. The lowest BCUT2D eigenvalue weighted by Gasteiger charge is -2.12. The average Bonchev–Trinajstić information content (AvgIpc) is 2.55. The van der Waals surface area contributed by atoms with Crippen molar-refractivity contribution in [1.29, 1.82) is 0 Å². The highest BCUT2D eigenvalue weighted by atomic mass is 79.9. The Hall–Kier alpha value is -1.72. The summed E-state index contributed by atoms with van der Waals surface area (Å²) in [5, 5.41) is 4.94. The lowest BCUT2D eigenvalue weighted by Crippen LogP contribution is -2.06. The van der Waals surface area contributed by atoms with Gasteiger partial charge in [0.2, 0.25) is 0 Å². The van der Waals surface area contributed by atoms with Gasteiger partial charge in [-0.3, -0.25) is 0 Å². The number of hydrogen-bond donors (Lipinski definition) is 1. The third-order valence-electron chi connectivity index (χ3n) is 3.07. The van der Waals surface area contributed by atoms with Crippen LogP contribution in [-0.4, -0.2) is 19.9 Å². The zero-order valence-electron chi connectivity index (χ0n) is 13.0. The van der Waals surface area contributed by atoms with Gasteiger partial charge >= 0.3 is 0 Å². The number of benzene rings is 2. The Morgan fingerprint density at radius 1 is 1.30 bits per heavy atom.